The lowest BCUT2D eigenvalue weighted by Gasteiger charge is -2.36. The fourth-order valence-electron chi connectivity index (χ4n) is 4.07. The second-order valence-corrected chi connectivity index (χ2v) is 8.49. The van der Waals surface area contributed by atoms with Crippen molar-refractivity contribution in [3.8, 4) is 11.5 Å². The molecule has 1 amide bonds. The van der Waals surface area contributed by atoms with Crippen LogP contribution in [0, 0.1) is 0 Å². The number of pyridine rings is 1. The number of hydrogen-bond donors (Lipinski definition) is 1. The first-order chi connectivity index (χ1) is 17.7. The van der Waals surface area contributed by atoms with Crippen LogP contribution < -0.4 is 19.7 Å². The first kappa shape index (κ1) is 25.6. The molecule has 4 rings (SSSR count). The maximum absolute atomic E-state index is 12.7. The standard InChI is InChI=1S/C28H33N3O5/c1-33-27-8-3-2-7-23(27)20-34-14-5-15-36-26-11-9-24(10-12-26)31-25(17-30-18-28(31)32)21-35-19-22-6-4-13-29-16-22/h2-4,6-13,16,25,30H,5,14-15,17-21H2,1H3/t25-/m0/s1. The number of hydrogen-bond acceptors (Lipinski definition) is 7. The summed E-state index contributed by atoms with van der Waals surface area (Å²) in [6, 6.07) is 19.2. The molecule has 0 saturated carbocycles. The number of methoxy groups -OCH3 is 1. The first-order valence-electron chi connectivity index (χ1n) is 12.2. The first-order valence-corrected chi connectivity index (χ1v) is 12.2. The number of nitrogens with one attached hydrogen (secondary N) is 1. The molecule has 2 aromatic carbocycles. The highest BCUT2D eigenvalue weighted by atomic mass is 16.5. The van der Waals surface area contributed by atoms with Crippen molar-refractivity contribution in [2.24, 2.45) is 0 Å². The van der Waals surface area contributed by atoms with Crippen LogP contribution in [0.2, 0.25) is 0 Å². The molecule has 36 heavy (non-hydrogen) atoms. The highest BCUT2D eigenvalue weighted by Gasteiger charge is 2.29. The summed E-state index contributed by atoms with van der Waals surface area (Å²) in [4.78, 5) is 18.6. The summed E-state index contributed by atoms with van der Waals surface area (Å²) in [5, 5.41) is 3.18. The summed E-state index contributed by atoms with van der Waals surface area (Å²) in [7, 11) is 1.66. The van der Waals surface area contributed by atoms with Crippen molar-refractivity contribution in [3.63, 3.8) is 0 Å². The number of carbonyl (C=O) groups excluding carboxylic acids is 1. The van der Waals surface area contributed by atoms with Crippen LogP contribution in [0.1, 0.15) is 17.5 Å². The van der Waals surface area contributed by atoms with E-state index in [1.54, 1.807) is 19.5 Å². The Morgan fingerprint density at radius 2 is 1.86 bits per heavy atom. The van der Waals surface area contributed by atoms with Gasteiger partial charge in [-0.25, -0.2) is 0 Å². The minimum Gasteiger partial charge on any atom is -0.496 e. The molecule has 190 valence electrons. The van der Waals surface area contributed by atoms with Gasteiger partial charge in [-0.2, -0.15) is 0 Å². The van der Waals surface area contributed by atoms with E-state index in [1.807, 2.05) is 65.6 Å². The van der Waals surface area contributed by atoms with E-state index in [9.17, 15) is 4.79 Å². The van der Waals surface area contributed by atoms with Gasteiger partial charge < -0.3 is 29.2 Å². The van der Waals surface area contributed by atoms with Gasteiger partial charge in [0.2, 0.25) is 5.91 Å². The van der Waals surface area contributed by atoms with Crippen molar-refractivity contribution < 1.29 is 23.7 Å². The number of piperazine rings is 1. The van der Waals surface area contributed by atoms with Gasteiger partial charge in [-0.3, -0.25) is 9.78 Å². The van der Waals surface area contributed by atoms with Crippen LogP contribution in [0.4, 0.5) is 5.69 Å². The van der Waals surface area contributed by atoms with Gasteiger partial charge in [-0.05, 0) is 42.0 Å². The van der Waals surface area contributed by atoms with E-state index < -0.39 is 0 Å². The average molecular weight is 492 g/mol. The molecule has 1 aliphatic heterocycles. The Hall–Kier alpha value is -3.46. The van der Waals surface area contributed by atoms with E-state index >= 15 is 0 Å². The van der Waals surface area contributed by atoms with Gasteiger partial charge >= 0.3 is 0 Å². The van der Waals surface area contributed by atoms with Gasteiger partial charge in [-0.15, -0.1) is 0 Å². The van der Waals surface area contributed by atoms with Crippen LogP contribution in [0.25, 0.3) is 0 Å². The SMILES string of the molecule is COc1ccccc1COCCCOc1ccc(N2C(=O)CNC[C@H]2COCc2cccnc2)cc1. The number of ether oxygens (including phenoxy) is 4. The molecular weight excluding hydrogens is 458 g/mol. The lowest BCUT2D eigenvalue weighted by Crippen LogP contribution is -2.57. The Kier molecular flexibility index (Phi) is 9.67. The molecule has 0 spiro atoms. The van der Waals surface area contributed by atoms with Crippen LogP contribution in [0.5, 0.6) is 11.5 Å². The van der Waals surface area contributed by atoms with Gasteiger partial charge in [0.15, 0.2) is 0 Å². The van der Waals surface area contributed by atoms with E-state index in [1.165, 1.54) is 0 Å². The molecule has 1 aliphatic rings. The molecule has 0 bridgehead atoms. The Morgan fingerprint density at radius 3 is 2.67 bits per heavy atom. The summed E-state index contributed by atoms with van der Waals surface area (Å²) in [5.41, 5.74) is 2.87. The number of carbonyl (C=O) groups is 1. The van der Waals surface area contributed by atoms with Crippen LogP contribution in [-0.2, 0) is 27.5 Å². The number of anilines is 1. The second-order valence-electron chi connectivity index (χ2n) is 8.49. The summed E-state index contributed by atoms with van der Waals surface area (Å²) >= 11 is 0. The second kappa shape index (κ2) is 13.6. The smallest absolute Gasteiger partial charge is 0.241 e. The number of aromatic nitrogens is 1. The molecule has 2 heterocycles. The molecule has 3 aromatic rings. The number of rotatable bonds is 13. The predicted molar refractivity (Wildman–Crippen MR) is 137 cm³/mol. The monoisotopic (exact) mass is 491 g/mol. The van der Waals surface area contributed by atoms with E-state index in [0.29, 0.717) is 46.1 Å². The topological polar surface area (TPSA) is 82.2 Å². The van der Waals surface area contributed by atoms with Crippen molar-refractivity contribution in [1.82, 2.24) is 10.3 Å². The number of benzene rings is 2. The van der Waals surface area contributed by atoms with Crippen molar-refractivity contribution in [2.75, 3.05) is 44.9 Å². The van der Waals surface area contributed by atoms with Gasteiger partial charge in [0, 0.05) is 36.6 Å². The van der Waals surface area contributed by atoms with Crippen LogP contribution in [-0.4, -0.2) is 57.0 Å². The third-order valence-electron chi connectivity index (χ3n) is 5.86. The molecule has 8 heteroatoms. The number of nitrogens with zero attached hydrogens (tertiary/aromatic N) is 2. The van der Waals surface area contributed by atoms with Gasteiger partial charge in [-0.1, -0.05) is 24.3 Å². The van der Waals surface area contributed by atoms with E-state index in [4.69, 9.17) is 18.9 Å². The Morgan fingerprint density at radius 1 is 1.00 bits per heavy atom. The average Bonchev–Trinajstić information content (AvgIpc) is 2.92. The van der Waals surface area contributed by atoms with Gasteiger partial charge in [0.1, 0.15) is 11.5 Å². The molecule has 1 aromatic heterocycles. The summed E-state index contributed by atoms with van der Waals surface area (Å²) in [5.74, 6) is 1.62. The van der Waals surface area contributed by atoms with Crippen molar-refractivity contribution in [3.05, 3.63) is 84.2 Å². The van der Waals surface area contributed by atoms with Crippen molar-refractivity contribution in [1.29, 1.82) is 0 Å². The Balaban J connectivity index is 1.21. The van der Waals surface area contributed by atoms with Gasteiger partial charge in [0.05, 0.1) is 52.7 Å². The van der Waals surface area contributed by atoms with Gasteiger partial charge in [0.25, 0.3) is 0 Å². The quantitative estimate of drug-likeness (QED) is 0.366. The molecule has 1 N–H and O–H groups in total. The number of amides is 1. The zero-order valence-electron chi connectivity index (χ0n) is 20.6. The Labute approximate surface area is 212 Å². The van der Waals surface area contributed by atoms with E-state index in [-0.39, 0.29) is 11.9 Å². The van der Waals surface area contributed by atoms with Crippen LogP contribution in [0.3, 0.4) is 0 Å². The van der Waals surface area contributed by atoms with Crippen LogP contribution >= 0.6 is 0 Å². The fourth-order valence-corrected chi connectivity index (χ4v) is 4.07. The summed E-state index contributed by atoms with van der Waals surface area (Å²) in [6.45, 7) is 3.51. The molecule has 1 fully saturated rings. The summed E-state index contributed by atoms with van der Waals surface area (Å²) in [6.07, 6.45) is 4.29. The molecule has 1 atom stereocenters. The zero-order valence-corrected chi connectivity index (χ0v) is 20.6. The zero-order chi connectivity index (χ0) is 25.0. The maximum Gasteiger partial charge on any atom is 0.241 e. The highest BCUT2D eigenvalue weighted by Crippen LogP contribution is 2.23. The third kappa shape index (κ3) is 7.27. The fraction of sp³-hybridized carbons (Fsp3) is 0.357. The maximum atomic E-state index is 12.7. The lowest BCUT2D eigenvalue weighted by atomic mass is 10.1. The van der Waals surface area contributed by atoms with E-state index in [0.717, 1.165) is 34.7 Å². The molecule has 1 saturated heterocycles. The molecule has 0 aliphatic carbocycles. The normalized spacial score (nSPS) is 15.6. The third-order valence-corrected chi connectivity index (χ3v) is 5.86. The van der Waals surface area contributed by atoms with Crippen LogP contribution in [0.15, 0.2) is 73.1 Å². The lowest BCUT2D eigenvalue weighted by molar-refractivity contribution is -0.119. The number of para-hydroxylation sites is 1. The minimum atomic E-state index is -0.0879. The minimum absolute atomic E-state index is 0.0251. The van der Waals surface area contributed by atoms with E-state index in [2.05, 4.69) is 10.3 Å². The van der Waals surface area contributed by atoms with Crippen molar-refractivity contribution in [2.45, 2.75) is 25.7 Å². The Bertz CT molecular complexity index is 1080. The largest absolute Gasteiger partial charge is 0.496 e. The molecule has 0 unspecified atom stereocenters. The molecule has 8 nitrogen and oxygen atoms in total. The predicted octanol–water partition coefficient (Wildman–Crippen LogP) is 3.60. The molecule has 0 radical (unpaired) electrons. The molecular formula is C28H33N3O5. The highest BCUT2D eigenvalue weighted by molar-refractivity contribution is 5.96. The summed E-state index contributed by atoms with van der Waals surface area (Å²) < 4.78 is 22.9. The van der Waals surface area contributed by atoms with Crippen molar-refractivity contribution >= 4 is 11.6 Å².